The quantitative estimate of drug-likeness (QED) is 0.557. The van der Waals surface area contributed by atoms with Crippen molar-refractivity contribution in [1.29, 1.82) is 0 Å². The number of hydrogen-bond donors (Lipinski definition) is 1. The van der Waals surface area contributed by atoms with Crippen molar-refractivity contribution >= 4 is 40.7 Å². The summed E-state index contributed by atoms with van der Waals surface area (Å²) >= 11 is 12.1. The van der Waals surface area contributed by atoms with Crippen molar-refractivity contribution in [2.75, 3.05) is 18.4 Å². The summed E-state index contributed by atoms with van der Waals surface area (Å²) in [7, 11) is 1.79. The Morgan fingerprint density at radius 3 is 2.45 bits per heavy atom. The van der Waals surface area contributed by atoms with Crippen LogP contribution in [0.1, 0.15) is 35.1 Å². The van der Waals surface area contributed by atoms with E-state index < -0.39 is 0 Å². The molecule has 0 atom stereocenters. The molecule has 0 bridgehead atoms. The Hall–Kier alpha value is -2.77. The Bertz CT molecular complexity index is 1100. The van der Waals surface area contributed by atoms with E-state index in [0.717, 1.165) is 11.4 Å². The van der Waals surface area contributed by atoms with Crippen molar-refractivity contribution in [3.05, 3.63) is 63.5 Å². The Morgan fingerprint density at radius 1 is 1.13 bits per heavy atom. The van der Waals surface area contributed by atoms with Crippen LogP contribution in [0.5, 0.6) is 0 Å². The van der Waals surface area contributed by atoms with Crippen LogP contribution in [0.3, 0.4) is 0 Å². The number of carbonyl (C=O) groups excluding carboxylic acids is 2. The molecule has 0 radical (unpaired) electrons. The smallest absolute Gasteiger partial charge is 0.259 e. The lowest BCUT2D eigenvalue weighted by molar-refractivity contribution is -0.116. The highest BCUT2D eigenvalue weighted by Crippen LogP contribution is 2.26. The zero-order valence-corrected chi connectivity index (χ0v) is 19.5. The van der Waals surface area contributed by atoms with Crippen molar-refractivity contribution in [1.82, 2.24) is 19.2 Å². The maximum atomic E-state index is 13.4. The molecule has 31 heavy (non-hydrogen) atoms. The predicted octanol–water partition coefficient (Wildman–Crippen LogP) is 4.63. The first kappa shape index (κ1) is 22.9. The van der Waals surface area contributed by atoms with Crippen LogP contribution in [0.4, 0.5) is 5.69 Å². The molecule has 2 aromatic heterocycles. The van der Waals surface area contributed by atoms with E-state index in [9.17, 15) is 9.59 Å². The fourth-order valence-electron chi connectivity index (χ4n) is 3.50. The maximum absolute atomic E-state index is 13.4. The van der Waals surface area contributed by atoms with Gasteiger partial charge in [-0.1, -0.05) is 30.1 Å². The summed E-state index contributed by atoms with van der Waals surface area (Å²) in [4.78, 5) is 27.6. The van der Waals surface area contributed by atoms with Gasteiger partial charge in [0.15, 0.2) is 0 Å². The third-order valence-corrected chi connectivity index (χ3v) is 5.50. The van der Waals surface area contributed by atoms with Gasteiger partial charge >= 0.3 is 0 Å². The molecule has 164 valence electrons. The highest BCUT2D eigenvalue weighted by atomic mass is 35.5. The van der Waals surface area contributed by atoms with Crippen LogP contribution in [0.25, 0.3) is 5.82 Å². The Morgan fingerprint density at radius 2 is 1.81 bits per heavy atom. The molecule has 2 heterocycles. The molecule has 0 aliphatic carbocycles. The Kier molecular flexibility index (Phi) is 7.08. The first-order valence-corrected chi connectivity index (χ1v) is 10.7. The van der Waals surface area contributed by atoms with E-state index in [1.54, 1.807) is 36.1 Å². The van der Waals surface area contributed by atoms with E-state index in [-0.39, 0.29) is 18.4 Å². The van der Waals surface area contributed by atoms with Crippen molar-refractivity contribution in [3.8, 4) is 5.82 Å². The normalized spacial score (nSPS) is 10.9. The van der Waals surface area contributed by atoms with E-state index in [1.165, 1.54) is 4.90 Å². The number of aromatic nitrogens is 3. The fourth-order valence-corrected chi connectivity index (χ4v) is 3.84. The summed E-state index contributed by atoms with van der Waals surface area (Å²) in [5.41, 5.74) is 2.83. The van der Waals surface area contributed by atoms with E-state index in [1.807, 2.05) is 37.5 Å². The van der Waals surface area contributed by atoms with Crippen LogP contribution < -0.4 is 5.32 Å². The summed E-state index contributed by atoms with van der Waals surface area (Å²) in [6, 6.07) is 8.80. The van der Waals surface area contributed by atoms with Crippen LogP contribution in [-0.4, -0.2) is 44.2 Å². The molecular weight excluding hydrogens is 437 g/mol. The number of carbonyl (C=O) groups is 2. The molecule has 0 fully saturated rings. The minimum absolute atomic E-state index is 0.118. The lowest BCUT2D eigenvalue weighted by Crippen LogP contribution is -2.39. The Labute approximate surface area is 191 Å². The van der Waals surface area contributed by atoms with Crippen LogP contribution in [0.2, 0.25) is 10.0 Å². The molecule has 1 aromatic carbocycles. The Balaban J connectivity index is 1.86. The number of nitrogens with one attached hydrogen (secondary N) is 1. The molecule has 3 aromatic rings. The number of rotatable bonds is 7. The number of nitrogens with zero attached hydrogens (tertiary/aromatic N) is 4. The minimum atomic E-state index is -0.357. The highest BCUT2D eigenvalue weighted by molar-refractivity contribution is 6.35. The summed E-state index contributed by atoms with van der Waals surface area (Å²) < 4.78 is 3.65. The van der Waals surface area contributed by atoms with Gasteiger partial charge in [-0.2, -0.15) is 5.10 Å². The number of amides is 2. The second-order valence-corrected chi connectivity index (χ2v) is 8.20. The summed E-state index contributed by atoms with van der Waals surface area (Å²) in [5.74, 6) is 0.0546. The molecule has 0 spiro atoms. The molecule has 1 N–H and O–H groups in total. The standard InChI is InChI=1S/C22H25Cl2N5O2/c1-5-10-28(13-20(30)26-19-11-16(23)8-9-18(19)24)22(31)17-12-25-27(4)21(17)29-14(2)6-7-15(29)3/h6-9,11-12H,5,10,13H2,1-4H3,(H,26,30). The van der Waals surface area contributed by atoms with Crippen LogP contribution in [-0.2, 0) is 11.8 Å². The van der Waals surface area contributed by atoms with E-state index in [4.69, 9.17) is 23.2 Å². The van der Waals surface area contributed by atoms with E-state index in [0.29, 0.717) is 40.1 Å². The van der Waals surface area contributed by atoms with Crippen molar-refractivity contribution in [3.63, 3.8) is 0 Å². The minimum Gasteiger partial charge on any atom is -0.329 e. The fraction of sp³-hybridized carbons (Fsp3) is 0.318. The third kappa shape index (κ3) is 4.94. The lowest BCUT2D eigenvalue weighted by atomic mass is 10.2. The lowest BCUT2D eigenvalue weighted by Gasteiger charge is -2.22. The van der Waals surface area contributed by atoms with Gasteiger partial charge in [-0.25, -0.2) is 0 Å². The van der Waals surface area contributed by atoms with Gasteiger partial charge in [0.25, 0.3) is 5.91 Å². The number of hydrogen-bond acceptors (Lipinski definition) is 3. The molecule has 3 rings (SSSR count). The molecule has 9 heteroatoms. The van der Waals surface area contributed by atoms with Gasteiger partial charge in [0, 0.05) is 30.0 Å². The third-order valence-electron chi connectivity index (χ3n) is 4.94. The first-order chi connectivity index (χ1) is 14.7. The zero-order chi connectivity index (χ0) is 22.7. The van der Waals surface area contributed by atoms with Gasteiger partial charge in [-0.3, -0.25) is 14.3 Å². The number of halogens is 2. The average molecular weight is 462 g/mol. The van der Waals surface area contributed by atoms with Crippen LogP contribution in [0, 0.1) is 13.8 Å². The van der Waals surface area contributed by atoms with Gasteiger partial charge in [0.2, 0.25) is 5.91 Å². The molecule has 0 saturated heterocycles. The molecule has 0 saturated carbocycles. The number of anilines is 1. The second kappa shape index (κ2) is 9.58. The van der Waals surface area contributed by atoms with Gasteiger partial charge in [0.05, 0.1) is 16.9 Å². The second-order valence-electron chi connectivity index (χ2n) is 7.36. The maximum Gasteiger partial charge on any atom is 0.259 e. The van der Waals surface area contributed by atoms with Gasteiger partial charge in [-0.15, -0.1) is 0 Å². The van der Waals surface area contributed by atoms with E-state index in [2.05, 4.69) is 10.4 Å². The molecule has 0 aliphatic heterocycles. The average Bonchev–Trinajstić information content (AvgIpc) is 3.25. The summed E-state index contributed by atoms with van der Waals surface area (Å²) in [6.07, 6.45) is 2.25. The van der Waals surface area contributed by atoms with Crippen LogP contribution in [0.15, 0.2) is 36.5 Å². The highest BCUT2D eigenvalue weighted by Gasteiger charge is 2.25. The molecular formula is C22H25Cl2N5O2. The number of benzene rings is 1. The zero-order valence-electron chi connectivity index (χ0n) is 17.9. The SMILES string of the molecule is CCCN(CC(=O)Nc1cc(Cl)ccc1Cl)C(=O)c1cnn(C)c1-n1c(C)ccc1C. The molecule has 0 aliphatic rings. The van der Waals surface area contributed by atoms with Crippen molar-refractivity contribution in [2.24, 2.45) is 7.05 Å². The summed E-state index contributed by atoms with van der Waals surface area (Å²) in [5, 5.41) is 7.87. The predicted molar refractivity (Wildman–Crippen MR) is 123 cm³/mol. The molecule has 7 nitrogen and oxygen atoms in total. The largest absolute Gasteiger partial charge is 0.329 e. The van der Waals surface area contributed by atoms with E-state index >= 15 is 0 Å². The van der Waals surface area contributed by atoms with Crippen molar-refractivity contribution < 1.29 is 9.59 Å². The first-order valence-electron chi connectivity index (χ1n) is 9.94. The number of aryl methyl sites for hydroxylation is 3. The van der Waals surface area contributed by atoms with Gasteiger partial charge in [-0.05, 0) is 50.6 Å². The van der Waals surface area contributed by atoms with Gasteiger partial charge in [0.1, 0.15) is 17.9 Å². The van der Waals surface area contributed by atoms with Crippen LogP contribution >= 0.6 is 23.2 Å². The molecule has 0 unspecified atom stereocenters. The molecule has 2 amide bonds. The summed E-state index contributed by atoms with van der Waals surface area (Å²) in [6.45, 7) is 6.21. The van der Waals surface area contributed by atoms with Crippen molar-refractivity contribution in [2.45, 2.75) is 27.2 Å². The van der Waals surface area contributed by atoms with Gasteiger partial charge < -0.3 is 14.8 Å². The monoisotopic (exact) mass is 461 g/mol. The topological polar surface area (TPSA) is 72.2 Å².